The van der Waals surface area contributed by atoms with Crippen molar-refractivity contribution in [1.29, 1.82) is 0 Å². The van der Waals surface area contributed by atoms with Crippen LogP contribution >= 0.6 is 11.6 Å². The number of nitro benzene ring substituents is 1. The lowest BCUT2D eigenvalue weighted by atomic mass is 10.1. The first-order valence-electron chi connectivity index (χ1n) is 6.95. The summed E-state index contributed by atoms with van der Waals surface area (Å²) in [5.41, 5.74) is 5.91. The molecule has 6 nitrogen and oxygen atoms in total. The maximum Gasteiger partial charge on any atom is 0.417 e. The minimum absolute atomic E-state index is 0.0921. The quantitative estimate of drug-likeness (QED) is 0.557. The molecular formula is C15H10ClF3N4O2. The predicted octanol–water partition coefficient (Wildman–Crippen LogP) is 4.04. The Morgan fingerprint density at radius 3 is 2.44 bits per heavy atom. The Bertz CT molecular complexity index is 968. The van der Waals surface area contributed by atoms with Crippen molar-refractivity contribution in [2.45, 2.75) is 12.7 Å². The molecule has 2 aromatic heterocycles. The smallest absolute Gasteiger partial charge is 0.325 e. The molecule has 0 unspecified atom stereocenters. The number of alkyl halides is 3. The van der Waals surface area contributed by atoms with Crippen LogP contribution in [-0.2, 0) is 12.7 Å². The van der Waals surface area contributed by atoms with Gasteiger partial charge in [0.2, 0.25) is 0 Å². The Labute approximate surface area is 143 Å². The Balaban J connectivity index is 2.22. The van der Waals surface area contributed by atoms with Gasteiger partial charge in [-0.2, -0.15) is 13.2 Å². The van der Waals surface area contributed by atoms with E-state index in [1.807, 2.05) is 0 Å². The van der Waals surface area contributed by atoms with Gasteiger partial charge in [-0.3, -0.25) is 10.1 Å². The zero-order valence-electron chi connectivity index (χ0n) is 12.4. The highest BCUT2D eigenvalue weighted by atomic mass is 35.5. The summed E-state index contributed by atoms with van der Waals surface area (Å²) in [6, 6.07) is 6.27. The molecule has 0 aliphatic heterocycles. The van der Waals surface area contributed by atoms with Gasteiger partial charge in [0, 0.05) is 30.4 Å². The molecule has 0 saturated carbocycles. The van der Waals surface area contributed by atoms with E-state index < -0.39 is 16.7 Å². The van der Waals surface area contributed by atoms with Crippen LogP contribution in [0.15, 0.2) is 36.5 Å². The molecule has 0 aliphatic rings. The number of fused-ring (bicyclic) bond motifs is 1. The lowest BCUT2D eigenvalue weighted by molar-refractivity contribution is -0.384. The Morgan fingerprint density at radius 2 is 1.92 bits per heavy atom. The lowest BCUT2D eigenvalue weighted by Gasteiger charge is -2.09. The van der Waals surface area contributed by atoms with Gasteiger partial charge in [-0.05, 0) is 18.2 Å². The van der Waals surface area contributed by atoms with Crippen molar-refractivity contribution in [3.63, 3.8) is 0 Å². The number of aromatic nitrogens is 2. The summed E-state index contributed by atoms with van der Waals surface area (Å²) in [4.78, 5) is 14.4. The number of rotatable bonds is 3. The van der Waals surface area contributed by atoms with Crippen molar-refractivity contribution in [3.05, 3.63) is 62.9 Å². The van der Waals surface area contributed by atoms with E-state index in [-0.39, 0.29) is 22.9 Å². The van der Waals surface area contributed by atoms with E-state index in [0.717, 1.165) is 12.3 Å². The molecular weight excluding hydrogens is 361 g/mol. The van der Waals surface area contributed by atoms with Crippen LogP contribution in [0.1, 0.15) is 11.3 Å². The first kappa shape index (κ1) is 17.2. The molecule has 0 saturated heterocycles. The van der Waals surface area contributed by atoms with Crippen LogP contribution in [0.25, 0.3) is 16.9 Å². The zero-order chi connectivity index (χ0) is 18.4. The van der Waals surface area contributed by atoms with Crippen molar-refractivity contribution < 1.29 is 18.1 Å². The fourth-order valence-corrected chi connectivity index (χ4v) is 2.72. The van der Waals surface area contributed by atoms with Gasteiger partial charge in [0.25, 0.3) is 5.69 Å². The van der Waals surface area contributed by atoms with E-state index in [0.29, 0.717) is 17.0 Å². The second-order valence-electron chi connectivity index (χ2n) is 5.18. The molecule has 2 N–H and O–H groups in total. The van der Waals surface area contributed by atoms with E-state index in [1.54, 1.807) is 0 Å². The molecule has 0 fully saturated rings. The van der Waals surface area contributed by atoms with E-state index in [4.69, 9.17) is 17.3 Å². The van der Waals surface area contributed by atoms with Crippen molar-refractivity contribution in [2.75, 3.05) is 0 Å². The third-order valence-corrected chi connectivity index (χ3v) is 3.92. The van der Waals surface area contributed by atoms with Gasteiger partial charge in [0.05, 0.1) is 26.9 Å². The number of imidazole rings is 1. The van der Waals surface area contributed by atoms with Crippen LogP contribution in [0.2, 0.25) is 5.02 Å². The third kappa shape index (κ3) is 3.03. The average molecular weight is 371 g/mol. The molecule has 3 aromatic rings. The summed E-state index contributed by atoms with van der Waals surface area (Å²) in [6.07, 6.45) is -3.69. The molecule has 0 amide bonds. The summed E-state index contributed by atoms with van der Waals surface area (Å²) in [7, 11) is 0. The van der Waals surface area contributed by atoms with E-state index in [2.05, 4.69) is 4.98 Å². The maximum absolute atomic E-state index is 13.0. The van der Waals surface area contributed by atoms with Gasteiger partial charge in [-0.1, -0.05) is 11.6 Å². The van der Waals surface area contributed by atoms with Crippen LogP contribution in [0.3, 0.4) is 0 Å². The topological polar surface area (TPSA) is 86.5 Å². The second-order valence-corrected chi connectivity index (χ2v) is 5.59. The van der Waals surface area contributed by atoms with Gasteiger partial charge in [0.15, 0.2) is 5.65 Å². The molecule has 0 radical (unpaired) electrons. The molecule has 0 atom stereocenters. The van der Waals surface area contributed by atoms with Crippen molar-refractivity contribution in [3.8, 4) is 11.3 Å². The standard InChI is InChI=1S/C15H10ClF3N4O2/c16-11-5-9(15(17,18)19)7-22-12(6-20)13(21-14(11)22)8-1-3-10(4-2-8)23(24)25/h1-5,7H,6,20H2. The molecule has 25 heavy (non-hydrogen) atoms. The molecule has 10 heteroatoms. The molecule has 0 bridgehead atoms. The summed E-state index contributed by atoms with van der Waals surface area (Å²) in [5, 5.41) is 10.6. The monoisotopic (exact) mass is 370 g/mol. The minimum Gasteiger partial charge on any atom is -0.325 e. The van der Waals surface area contributed by atoms with Crippen molar-refractivity contribution in [2.24, 2.45) is 5.73 Å². The molecule has 2 heterocycles. The molecule has 1 aromatic carbocycles. The fraction of sp³-hybridized carbons (Fsp3) is 0.133. The van der Waals surface area contributed by atoms with Gasteiger partial charge in [0.1, 0.15) is 0 Å². The van der Waals surface area contributed by atoms with Gasteiger partial charge >= 0.3 is 6.18 Å². The van der Waals surface area contributed by atoms with Crippen LogP contribution < -0.4 is 5.73 Å². The van der Waals surface area contributed by atoms with E-state index in [1.165, 1.54) is 28.7 Å². The largest absolute Gasteiger partial charge is 0.417 e. The predicted molar refractivity (Wildman–Crippen MR) is 85.2 cm³/mol. The molecule has 0 spiro atoms. The number of nitro groups is 1. The normalized spacial score (nSPS) is 11.9. The number of halogens is 4. The zero-order valence-corrected chi connectivity index (χ0v) is 13.2. The van der Waals surface area contributed by atoms with Gasteiger partial charge in [-0.15, -0.1) is 0 Å². The number of nitrogens with two attached hydrogens (primary N) is 1. The highest BCUT2D eigenvalue weighted by molar-refractivity contribution is 6.33. The lowest BCUT2D eigenvalue weighted by Crippen LogP contribution is -2.09. The highest BCUT2D eigenvalue weighted by Crippen LogP contribution is 2.35. The highest BCUT2D eigenvalue weighted by Gasteiger charge is 2.32. The van der Waals surface area contributed by atoms with Crippen LogP contribution in [0.5, 0.6) is 0 Å². The molecule has 3 rings (SSSR count). The SMILES string of the molecule is NCc1c(-c2ccc([N+](=O)[O-])cc2)nc2c(Cl)cc(C(F)(F)F)cn12. The number of benzene rings is 1. The summed E-state index contributed by atoms with van der Waals surface area (Å²) in [6.45, 7) is -0.0921. The third-order valence-electron chi connectivity index (χ3n) is 3.65. The van der Waals surface area contributed by atoms with Crippen molar-refractivity contribution in [1.82, 2.24) is 9.38 Å². The number of hydrogen-bond donors (Lipinski definition) is 1. The fourth-order valence-electron chi connectivity index (χ4n) is 2.47. The number of pyridine rings is 1. The second kappa shape index (κ2) is 6.01. The summed E-state index contributed by atoms with van der Waals surface area (Å²) in [5.74, 6) is 0. The Kier molecular flexibility index (Phi) is 4.13. The number of non-ortho nitro benzene ring substituents is 1. The summed E-state index contributed by atoms with van der Waals surface area (Å²) < 4.78 is 40.2. The minimum atomic E-state index is -4.57. The van der Waals surface area contributed by atoms with Crippen LogP contribution in [0.4, 0.5) is 18.9 Å². The van der Waals surface area contributed by atoms with Gasteiger partial charge in [-0.25, -0.2) is 4.98 Å². The number of nitrogens with zero attached hydrogens (tertiary/aromatic N) is 3. The molecule has 0 aliphatic carbocycles. The van der Waals surface area contributed by atoms with Gasteiger partial charge < -0.3 is 10.1 Å². The maximum atomic E-state index is 13.0. The molecule has 130 valence electrons. The first-order chi connectivity index (χ1) is 11.7. The Hall–Kier alpha value is -2.65. The summed E-state index contributed by atoms with van der Waals surface area (Å²) >= 11 is 5.95. The number of hydrogen-bond acceptors (Lipinski definition) is 4. The Morgan fingerprint density at radius 1 is 1.28 bits per heavy atom. The van der Waals surface area contributed by atoms with Crippen molar-refractivity contribution >= 4 is 22.9 Å². The van der Waals surface area contributed by atoms with E-state index in [9.17, 15) is 23.3 Å². The van der Waals surface area contributed by atoms with Crippen LogP contribution in [-0.4, -0.2) is 14.3 Å². The van der Waals surface area contributed by atoms with Crippen LogP contribution in [0, 0.1) is 10.1 Å². The van der Waals surface area contributed by atoms with E-state index >= 15 is 0 Å². The first-order valence-corrected chi connectivity index (χ1v) is 7.32. The average Bonchev–Trinajstić information content (AvgIpc) is 2.93.